The first-order chi connectivity index (χ1) is 8.69. The maximum Gasteiger partial charge on any atom is 0.0674 e. The molecule has 0 saturated carbocycles. The van der Waals surface area contributed by atoms with Crippen molar-refractivity contribution in [2.45, 2.75) is 33.2 Å². The fraction of sp³-hybridized carbons (Fsp3) is 0.375. The molecule has 1 unspecified atom stereocenters. The predicted octanol–water partition coefficient (Wildman–Crippen LogP) is 4.24. The first-order valence-corrected chi connectivity index (χ1v) is 7.36. The van der Waals surface area contributed by atoms with Crippen LogP contribution in [0.3, 0.4) is 0 Å². The summed E-state index contributed by atoms with van der Waals surface area (Å²) in [6.45, 7) is 6.62. The fourth-order valence-electron chi connectivity index (χ4n) is 2.41. The van der Waals surface area contributed by atoms with Gasteiger partial charge in [0.05, 0.1) is 6.04 Å². The van der Waals surface area contributed by atoms with E-state index in [9.17, 15) is 0 Å². The molecule has 0 saturated heterocycles. The van der Waals surface area contributed by atoms with Gasteiger partial charge < -0.3 is 5.32 Å². The zero-order chi connectivity index (χ0) is 13.1. The minimum atomic E-state index is 0.319. The molecule has 0 spiro atoms. The van der Waals surface area contributed by atoms with Crippen LogP contribution in [-0.2, 0) is 6.42 Å². The second kappa shape index (κ2) is 5.68. The van der Waals surface area contributed by atoms with E-state index in [1.165, 1.54) is 27.1 Å². The number of hydrogen-bond acceptors (Lipinski definition) is 2. The summed E-state index contributed by atoms with van der Waals surface area (Å²) in [7, 11) is 2.05. The quantitative estimate of drug-likeness (QED) is 0.866. The molecule has 0 bridgehead atoms. The Hall–Kier alpha value is -1.12. The SMILES string of the molecule is CCc1ccsc1C(NC)c1cccc(C)c1C. The second-order valence-electron chi connectivity index (χ2n) is 4.67. The fourth-order valence-corrected chi connectivity index (χ4v) is 3.53. The van der Waals surface area contributed by atoms with Gasteiger partial charge in [0.25, 0.3) is 0 Å². The number of benzene rings is 1. The number of thiophene rings is 1. The van der Waals surface area contributed by atoms with Crippen LogP contribution in [0.1, 0.15) is 40.1 Å². The number of nitrogens with one attached hydrogen (secondary N) is 1. The van der Waals surface area contributed by atoms with E-state index in [1.54, 1.807) is 0 Å². The Morgan fingerprint density at radius 2 is 2.00 bits per heavy atom. The third-order valence-electron chi connectivity index (χ3n) is 3.67. The van der Waals surface area contributed by atoms with Crippen molar-refractivity contribution in [3.8, 4) is 0 Å². The molecule has 0 amide bonds. The highest BCUT2D eigenvalue weighted by Crippen LogP contribution is 2.32. The third kappa shape index (κ3) is 2.36. The van der Waals surface area contributed by atoms with Gasteiger partial charge in [-0.15, -0.1) is 11.3 Å². The minimum absolute atomic E-state index is 0.319. The highest BCUT2D eigenvalue weighted by molar-refractivity contribution is 7.10. The molecule has 2 heteroatoms. The van der Waals surface area contributed by atoms with E-state index in [1.807, 2.05) is 18.4 Å². The van der Waals surface area contributed by atoms with E-state index in [4.69, 9.17) is 0 Å². The van der Waals surface area contributed by atoms with E-state index in [-0.39, 0.29) is 0 Å². The summed E-state index contributed by atoms with van der Waals surface area (Å²) in [4.78, 5) is 1.45. The average Bonchev–Trinajstić information content (AvgIpc) is 2.83. The highest BCUT2D eigenvalue weighted by atomic mass is 32.1. The van der Waals surface area contributed by atoms with Crippen molar-refractivity contribution in [3.63, 3.8) is 0 Å². The van der Waals surface area contributed by atoms with Crippen molar-refractivity contribution in [2.24, 2.45) is 0 Å². The molecule has 1 heterocycles. The second-order valence-corrected chi connectivity index (χ2v) is 5.62. The molecule has 0 aliphatic rings. The molecular weight excluding hydrogens is 238 g/mol. The molecule has 0 fully saturated rings. The van der Waals surface area contributed by atoms with Crippen molar-refractivity contribution in [2.75, 3.05) is 7.05 Å². The van der Waals surface area contributed by atoms with E-state index < -0.39 is 0 Å². The molecule has 2 aromatic rings. The van der Waals surface area contributed by atoms with Crippen LogP contribution in [0.5, 0.6) is 0 Å². The Balaban J connectivity index is 2.49. The monoisotopic (exact) mass is 259 g/mol. The number of rotatable bonds is 4. The van der Waals surface area contributed by atoms with Gasteiger partial charge in [-0.25, -0.2) is 0 Å². The number of hydrogen-bond donors (Lipinski definition) is 1. The van der Waals surface area contributed by atoms with Gasteiger partial charge in [0.1, 0.15) is 0 Å². The van der Waals surface area contributed by atoms with Crippen LogP contribution < -0.4 is 5.32 Å². The van der Waals surface area contributed by atoms with Crippen LogP contribution in [0.25, 0.3) is 0 Å². The molecule has 0 radical (unpaired) electrons. The van der Waals surface area contributed by atoms with Gasteiger partial charge in [-0.05, 0) is 61.0 Å². The standard InChI is InChI=1S/C16H21NS/c1-5-13-9-10-18-16(13)15(17-4)14-8-6-7-11(2)12(14)3/h6-10,15,17H,5H2,1-4H3. The van der Waals surface area contributed by atoms with E-state index >= 15 is 0 Å². The van der Waals surface area contributed by atoms with Crippen molar-refractivity contribution in [1.82, 2.24) is 5.32 Å². The van der Waals surface area contributed by atoms with Gasteiger partial charge >= 0.3 is 0 Å². The molecule has 1 nitrogen and oxygen atoms in total. The topological polar surface area (TPSA) is 12.0 Å². The third-order valence-corrected chi connectivity index (χ3v) is 4.69. The molecule has 2 rings (SSSR count). The summed E-state index contributed by atoms with van der Waals surface area (Å²) in [5.41, 5.74) is 5.62. The first kappa shape index (κ1) is 13.3. The molecule has 0 aliphatic heterocycles. The zero-order valence-corrected chi connectivity index (χ0v) is 12.4. The van der Waals surface area contributed by atoms with Crippen molar-refractivity contribution in [3.05, 3.63) is 56.8 Å². The lowest BCUT2D eigenvalue weighted by molar-refractivity contribution is 0.692. The Morgan fingerprint density at radius 3 is 2.67 bits per heavy atom. The Bertz CT molecular complexity index is 528. The molecule has 96 valence electrons. The average molecular weight is 259 g/mol. The maximum absolute atomic E-state index is 3.47. The summed E-state index contributed by atoms with van der Waals surface area (Å²) >= 11 is 1.85. The van der Waals surface area contributed by atoms with Crippen LogP contribution in [0.2, 0.25) is 0 Å². The normalized spacial score (nSPS) is 12.7. The summed E-state index contributed by atoms with van der Waals surface area (Å²) < 4.78 is 0. The highest BCUT2D eigenvalue weighted by Gasteiger charge is 2.18. The van der Waals surface area contributed by atoms with Gasteiger partial charge in [-0.1, -0.05) is 25.1 Å². The summed E-state index contributed by atoms with van der Waals surface area (Å²) in [6.07, 6.45) is 1.10. The molecule has 1 aromatic heterocycles. The summed E-state index contributed by atoms with van der Waals surface area (Å²) in [5, 5.41) is 5.67. The predicted molar refractivity (Wildman–Crippen MR) is 80.5 cm³/mol. The van der Waals surface area contributed by atoms with Gasteiger partial charge in [0, 0.05) is 4.88 Å². The Kier molecular flexibility index (Phi) is 4.20. The van der Waals surface area contributed by atoms with Crippen LogP contribution in [0.4, 0.5) is 0 Å². The number of aryl methyl sites for hydroxylation is 2. The van der Waals surface area contributed by atoms with Crippen LogP contribution in [0.15, 0.2) is 29.6 Å². The van der Waals surface area contributed by atoms with Gasteiger partial charge in [0.2, 0.25) is 0 Å². The van der Waals surface area contributed by atoms with E-state index in [2.05, 4.69) is 55.7 Å². The zero-order valence-electron chi connectivity index (χ0n) is 11.6. The lowest BCUT2D eigenvalue weighted by Crippen LogP contribution is -2.19. The molecule has 18 heavy (non-hydrogen) atoms. The largest absolute Gasteiger partial charge is 0.309 e. The summed E-state index contributed by atoms with van der Waals surface area (Å²) in [5.74, 6) is 0. The van der Waals surface area contributed by atoms with Crippen molar-refractivity contribution >= 4 is 11.3 Å². The minimum Gasteiger partial charge on any atom is -0.309 e. The lowest BCUT2D eigenvalue weighted by atomic mass is 9.95. The van der Waals surface area contributed by atoms with Gasteiger partial charge in [-0.2, -0.15) is 0 Å². The van der Waals surface area contributed by atoms with Gasteiger partial charge in [-0.3, -0.25) is 0 Å². The molecule has 1 aromatic carbocycles. The molecular formula is C16H21NS. The summed E-state index contributed by atoms with van der Waals surface area (Å²) in [6, 6.07) is 9.14. The van der Waals surface area contributed by atoms with Crippen LogP contribution in [0, 0.1) is 13.8 Å². The van der Waals surface area contributed by atoms with Crippen LogP contribution >= 0.6 is 11.3 Å². The van der Waals surface area contributed by atoms with Crippen molar-refractivity contribution in [1.29, 1.82) is 0 Å². The van der Waals surface area contributed by atoms with E-state index in [0.29, 0.717) is 6.04 Å². The Labute approximate surface area is 114 Å². The lowest BCUT2D eigenvalue weighted by Gasteiger charge is -2.20. The van der Waals surface area contributed by atoms with Crippen LogP contribution in [-0.4, -0.2) is 7.05 Å². The molecule has 1 atom stereocenters. The smallest absolute Gasteiger partial charge is 0.0674 e. The molecule has 1 N–H and O–H groups in total. The van der Waals surface area contributed by atoms with E-state index in [0.717, 1.165) is 6.42 Å². The first-order valence-electron chi connectivity index (χ1n) is 6.48. The van der Waals surface area contributed by atoms with Gasteiger partial charge in [0.15, 0.2) is 0 Å². The maximum atomic E-state index is 3.47. The van der Waals surface area contributed by atoms with Crippen molar-refractivity contribution < 1.29 is 0 Å². The molecule has 0 aliphatic carbocycles. The Morgan fingerprint density at radius 1 is 1.22 bits per heavy atom.